The minimum atomic E-state index is -0.389. The first-order valence-corrected chi connectivity index (χ1v) is 9.20. The zero-order valence-electron chi connectivity index (χ0n) is 16.1. The van der Waals surface area contributed by atoms with Crippen molar-refractivity contribution in [2.24, 2.45) is 0 Å². The van der Waals surface area contributed by atoms with E-state index in [1.54, 1.807) is 54.9 Å². The monoisotopic (exact) mass is 398 g/mol. The summed E-state index contributed by atoms with van der Waals surface area (Å²) < 4.78 is 4.69. The number of pyridine rings is 2. The Morgan fingerprint density at radius 2 is 1.63 bits per heavy atom. The van der Waals surface area contributed by atoms with E-state index in [0.29, 0.717) is 16.9 Å². The molecule has 0 fully saturated rings. The van der Waals surface area contributed by atoms with Gasteiger partial charge in [-0.2, -0.15) is 0 Å². The largest absolute Gasteiger partial charge is 0.465 e. The summed E-state index contributed by atoms with van der Waals surface area (Å²) in [6, 6.07) is 19.7. The van der Waals surface area contributed by atoms with Crippen molar-refractivity contribution in [3.8, 4) is 0 Å². The molecule has 2 aromatic heterocycles. The molecule has 30 heavy (non-hydrogen) atoms. The SMILES string of the molecule is COC(=O)c1ccc(Nc2ccc(C(=O)Nc3cccc4cccnc34)nc2)cc1. The average Bonchev–Trinajstić information content (AvgIpc) is 2.80. The quantitative estimate of drug-likeness (QED) is 0.484. The highest BCUT2D eigenvalue weighted by Crippen LogP contribution is 2.22. The molecule has 7 nitrogen and oxygen atoms in total. The van der Waals surface area contributed by atoms with Crippen molar-refractivity contribution in [3.05, 3.63) is 90.4 Å². The van der Waals surface area contributed by atoms with Crippen LogP contribution in [0.4, 0.5) is 17.1 Å². The Labute approximate surface area is 172 Å². The van der Waals surface area contributed by atoms with Crippen molar-refractivity contribution in [2.45, 2.75) is 0 Å². The maximum atomic E-state index is 12.6. The Bertz CT molecular complexity index is 1200. The van der Waals surface area contributed by atoms with Crippen LogP contribution >= 0.6 is 0 Å². The number of hydrogen-bond donors (Lipinski definition) is 2. The number of ether oxygens (including phenoxy) is 1. The van der Waals surface area contributed by atoms with Crippen LogP contribution < -0.4 is 10.6 Å². The zero-order valence-corrected chi connectivity index (χ0v) is 16.1. The third-order valence-corrected chi connectivity index (χ3v) is 4.47. The molecule has 0 aliphatic rings. The van der Waals surface area contributed by atoms with Crippen molar-refractivity contribution < 1.29 is 14.3 Å². The highest BCUT2D eigenvalue weighted by molar-refractivity contribution is 6.07. The van der Waals surface area contributed by atoms with Crippen LogP contribution in [-0.2, 0) is 4.74 Å². The van der Waals surface area contributed by atoms with Gasteiger partial charge in [-0.05, 0) is 48.5 Å². The Morgan fingerprint density at radius 1 is 0.867 bits per heavy atom. The Balaban J connectivity index is 1.45. The van der Waals surface area contributed by atoms with Gasteiger partial charge in [-0.3, -0.25) is 9.78 Å². The van der Waals surface area contributed by atoms with Crippen LogP contribution in [0.2, 0.25) is 0 Å². The molecule has 4 rings (SSSR count). The molecule has 148 valence electrons. The van der Waals surface area contributed by atoms with Crippen molar-refractivity contribution in [1.82, 2.24) is 9.97 Å². The summed E-state index contributed by atoms with van der Waals surface area (Å²) in [5.41, 5.74) is 3.60. The molecule has 0 bridgehead atoms. The number of anilines is 3. The molecule has 1 amide bonds. The third kappa shape index (κ3) is 4.10. The summed E-state index contributed by atoms with van der Waals surface area (Å²) >= 11 is 0. The lowest BCUT2D eigenvalue weighted by molar-refractivity contribution is 0.0600. The fourth-order valence-electron chi connectivity index (χ4n) is 2.97. The molecule has 0 saturated carbocycles. The normalized spacial score (nSPS) is 10.4. The summed E-state index contributed by atoms with van der Waals surface area (Å²) in [4.78, 5) is 32.7. The molecule has 0 unspecified atom stereocenters. The van der Waals surface area contributed by atoms with Gasteiger partial charge in [0.15, 0.2) is 0 Å². The summed E-state index contributed by atoms with van der Waals surface area (Å²) in [5, 5.41) is 6.98. The molecular weight excluding hydrogens is 380 g/mol. The smallest absolute Gasteiger partial charge is 0.337 e. The lowest BCUT2D eigenvalue weighted by Gasteiger charge is -2.09. The van der Waals surface area contributed by atoms with E-state index in [-0.39, 0.29) is 17.6 Å². The van der Waals surface area contributed by atoms with Gasteiger partial charge >= 0.3 is 5.97 Å². The van der Waals surface area contributed by atoms with Gasteiger partial charge in [-0.1, -0.05) is 18.2 Å². The molecule has 0 aliphatic carbocycles. The second kappa shape index (κ2) is 8.40. The van der Waals surface area contributed by atoms with Crippen molar-refractivity contribution in [3.63, 3.8) is 0 Å². The van der Waals surface area contributed by atoms with Gasteiger partial charge in [0.25, 0.3) is 5.91 Å². The summed E-state index contributed by atoms with van der Waals surface area (Å²) in [6.07, 6.45) is 3.26. The number of para-hydroxylation sites is 1. The molecular formula is C23H18N4O3. The van der Waals surface area contributed by atoms with Gasteiger partial charge in [-0.25, -0.2) is 9.78 Å². The van der Waals surface area contributed by atoms with E-state index in [2.05, 4.69) is 25.3 Å². The van der Waals surface area contributed by atoms with E-state index < -0.39 is 0 Å². The maximum Gasteiger partial charge on any atom is 0.337 e. The number of rotatable bonds is 5. The maximum absolute atomic E-state index is 12.6. The summed E-state index contributed by atoms with van der Waals surface area (Å²) in [6.45, 7) is 0. The Kier molecular flexibility index (Phi) is 5.34. The lowest BCUT2D eigenvalue weighted by Crippen LogP contribution is -2.14. The predicted octanol–water partition coefficient (Wildman–Crippen LogP) is 4.41. The second-order valence-corrected chi connectivity index (χ2v) is 6.46. The second-order valence-electron chi connectivity index (χ2n) is 6.46. The minimum absolute atomic E-state index is 0.287. The number of nitrogens with one attached hydrogen (secondary N) is 2. The zero-order chi connectivity index (χ0) is 20.9. The molecule has 0 atom stereocenters. The number of carbonyl (C=O) groups is 2. The van der Waals surface area contributed by atoms with Gasteiger partial charge < -0.3 is 15.4 Å². The van der Waals surface area contributed by atoms with E-state index in [4.69, 9.17) is 0 Å². The van der Waals surface area contributed by atoms with Gasteiger partial charge in [0.1, 0.15) is 5.69 Å². The highest BCUT2D eigenvalue weighted by Gasteiger charge is 2.11. The highest BCUT2D eigenvalue weighted by atomic mass is 16.5. The molecule has 0 radical (unpaired) electrons. The number of carbonyl (C=O) groups excluding carboxylic acids is 2. The average molecular weight is 398 g/mol. The Morgan fingerprint density at radius 3 is 2.37 bits per heavy atom. The topological polar surface area (TPSA) is 93.2 Å². The molecule has 2 N–H and O–H groups in total. The first kappa shape index (κ1) is 19.1. The summed E-state index contributed by atoms with van der Waals surface area (Å²) in [5.74, 6) is -0.706. The first-order chi connectivity index (χ1) is 14.6. The molecule has 4 aromatic rings. The predicted molar refractivity (Wildman–Crippen MR) is 115 cm³/mol. The van der Waals surface area contributed by atoms with E-state index in [9.17, 15) is 9.59 Å². The molecule has 0 spiro atoms. The van der Waals surface area contributed by atoms with Crippen molar-refractivity contribution in [2.75, 3.05) is 17.7 Å². The van der Waals surface area contributed by atoms with Crippen LogP contribution in [0.15, 0.2) is 79.1 Å². The molecule has 7 heteroatoms. The number of amides is 1. The standard InChI is InChI=1S/C23H18N4O3/c1-30-23(29)16-7-9-17(10-8-16)26-18-11-12-20(25-14-18)22(28)27-19-6-2-4-15-5-3-13-24-21(15)19/h2-14,26H,1H3,(H,27,28). The van der Waals surface area contributed by atoms with Crippen LogP contribution in [-0.4, -0.2) is 29.0 Å². The van der Waals surface area contributed by atoms with Crippen LogP contribution in [0.25, 0.3) is 10.9 Å². The fourth-order valence-corrected chi connectivity index (χ4v) is 2.97. The van der Waals surface area contributed by atoms with Crippen LogP contribution in [0.1, 0.15) is 20.8 Å². The number of methoxy groups -OCH3 is 1. The number of benzene rings is 2. The minimum Gasteiger partial charge on any atom is -0.465 e. The fraction of sp³-hybridized carbons (Fsp3) is 0.0435. The van der Waals surface area contributed by atoms with Crippen molar-refractivity contribution in [1.29, 1.82) is 0 Å². The number of aromatic nitrogens is 2. The van der Waals surface area contributed by atoms with Gasteiger partial charge in [0.2, 0.25) is 0 Å². The van der Waals surface area contributed by atoms with Crippen LogP contribution in [0.5, 0.6) is 0 Å². The van der Waals surface area contributed by atoms with Gasteiger partial charge in [-0.15, -0.1) is 0 Å². The summed E-state index contributed by atoms with van der Waals surface area (Å²) in [7, 11) is 1.34. The molecule has 0 aliphatic heterocycles. The van der Waals surface area contributed by atoms with E-state index in [1.165, 1.54) is 7.11 Å². The van der Waals surface area contributed by atoms with E-state index in [1.807, 2.05) is 24.3 Å². The first-order valence-electron chi connectivity index (χ1n) is 9.20. The Hall–Kier alpha value is -4.26. The van der Waals surface area contributed by atoms with E-state index >= 15 is 0 Å². The van der Waals surface area contributed by atoms with Crippen LogP contribution in [0, 0.1) is 0 Å². The molecule has 0 saturated heterocycles. The number of nitrogens with zero attached hydrogens (tertiary/aromatic N) is 2. The van der Waals surface area contributed by atoms with Crippen molar-refractivity contribution >= 4 is 39.8 Å². The number of fused-ring (bicyclic) bond motifs is 1. The van der Waals surface area contributed by atoms with Crippen LogP contribution in [0.3, 0.4) is 0 Å². The lowest BCUT2D eigenvalue weighted by atomic mass is 10.2. The number of hydrogen-bond acceptors (Lipinski definition) is 6. The van der Waals surface area contributed by atoms with Gasteiger partial charge in [0.05, 0.1) is 35.8 Å². The third-order valence-electron chi connectivity index (χ3n) is 4.47. The molecule has 2 heterocycles. The number of esters is 1. The molecule has 2 aromatic carbocycles. The van der Waals surface area contributed by atoms with E-state index in [0.717, 1.165) is 16.6 Å². The van der Waals surface area contributed by atoms with Gasteiger partial charge in [0, 0.05) is 17.3 Å².